The zero-order valence-electron chi connectivity index (χ0n) is 16.1. The van der Waals surface area contributed by atoms with Gasteiger partial charge in [0.05, 0.1) is 5.52 Å². The molecule has 1 aliphatic rings. The molecule has 0 fully saturated rings. The first-order valence-electron chi connectivity index (χ1n) is 9.27. The largest absolute Gasteiger partial charge is 0.433 e. The summed E-state index contributed by atoms with van der Waals surface area (Å²) in [5.74, 6) is 0. The van der Waals surface area contributed by atoms with Crippen LogP contribution in [0.3, 0.4) is 0 Å². The highest BCUT2D eigenvalue weighted by Crippen LogP contribution is 2.33. The highest BCUT2D eigenvalue weighted by molar-refractivity contribution is 5.90. The van der Waals surface area contributed by atoms with Gasteiger partial charge in [-0.1, -0.05) is 17.7 Å². The Kier molecular flexibility index (Phi) is 4.54. The van der Waals surface area contributed by atoms with E-state index in [1.165, 1.54) is 34.5 Å². The van der Waals surface area contributed by atoms with Crippen molar-refractivity contribution in [3.8, 4) is 0 Å². The van der Waals surface area contributed by atoms with Gasteiger partial charge in [0.2, 0.25) is 0 Å². The summed E-state index contributed by atoms with van der Waals surface area (Å²) in [6.07, 6.45) is -0.166. The molecule has 0 radical (unpaired) electrons. The molecule has 0 saturated heterocycles. The minimum atomic E-state index is -4.42. The van der Waals surface area contributed by atoms with Crippen LogP contribution in [0.1, 0.15) is 35.0 Å². The third-order valence-electron chi connectivity index (χ3n) is 5.37. The Morgan fingerprint density at radius 3 is 2.64 bits per heavy atom. The van der Waals surface area contributed by atoms with Crippen LogP contribution in [-0.2, 0) is 19.1 Å². The minimum Gasteiger partial charge on any atom is -0.320 e. The molecule has 0 N–H and O–H groups in total. The molecule has 0 aliphatic carbocycles. The van der Waals surface area contributed by atoms with Gasteiger partial charge in [0.15, 0.2) is 0 Å². The Morgan fingerprint density at radius 1 is 1.18 bits per heavy atom. The van der Waals surface area contributed by atoms with E-state index in [4.69, 9.17) is 0 Å². The fourth-order valence-corrected chi connectivity index (χ4v) is 3.85. The van der Waals surface area contributed by atoms with Crippen LogP contribution in [0.25, 0.3) is 22.7 Å². The van der Waals surface area contributed by atoms with Gasteiger partial charge in [0, 0.05) is 43.0 Å². The number of likely N-dealkylation sites (N-methyl/N-ethyl adjacent to an activating group) is 1. The first-order chi connectivity index (χ1) is 13.2. The molecular weight excluding hydrogens is 363 g/mol. The third kappa shape index (κ3) is 3.33. The predicted molar refractivity (Wildman–Crippen MR) is 106 cm³/mol. The zero-order chi connectivity index (χ0) is 20.1. The number of fused-ring (bicyclic) bond motifs is 3. The van der Waals surface area contributed by atoms with E-state index in [0.717, 1.165) is 36.7 Å². The molecule has 1 aromatic carbocycles. The van der Waals surface area contributed by atoms with Gasteiger partial charge in [-0.15, -0.1) is 0 Å². The molecule has 146 valence electrons. The maximum Gasteiger partial charge on any atom is 0.433 e. The quantitative estimate of drug-likeness (QED) is 0.591. The first kappa shape index (κ1) is 18.7. The summed E-state index contributed by atoms with van der Waals surface area (Å²) in [7, 11) is 2.12. The van der Waals surface area contributed by atoms with Gasteiger partial charge in [-0.25, -0.2) is 0 Å². The number of nitrogens with zero attached hydrogens (tertiary/aromatic N) is 3. The van der Waals surface area contributed by atoms with Crippen molar-refractivity contribution in [1.82, 2.24) is 14.5 Å². The summed E-state index contributed by atoms with van der Waals surface area (Å²) in [6, 6.07) is 8.95. The number of aryl methyl sites for hydroxylation is 1. The number of hydrogen-bond acceptors (Lipinski definition) is 2. The Balaban J connectivity index is 1.81. The summed E-state index contributed by atoms with van der Waals surface area (Å²) in [6.45, 7) is 5.88. The molecule has 4 rings (SSSR count). The minimum absolute atomic E-state index is 0.684. The molecule has 1 aliphatic heterocycles. The molecule has 0 saturated carbocycles. The van der Waals surface area contributed by atoms with Crippen LogP contribution in [0, 0.1) is 6.92 Å². The summed E-state index contributed by atoms with van der Waals surface area (Å²) < 4.78 is 40.5. The van der Waals surface area contributed by atoms with Crippen LogP contribution >= 0.6 is 0 Å². The van der Waals surface area contributed by atoms with Crippen LogP contribution < -0.4 is 0 Å². The lowest BCUT2D eigenvalue weighted by molar-refractivity contribution is -0.141. The number of alkyl halides is 3. The van der Waals surface area contributed by atoms with Crippen molar-refractivity contribution >= 4 is 22.7 Å². The summed E-state index contributed by atoms with van der Waals surface area (Å²) in [5, 5.41) is 1.25. The number of halogens is 3. The second kappa shape index (κ2) is 6.78. The molecule has 3 aromatic rings. The number of aromatic nitrogens is 2. The van der Waals surface area contributed by atoms with Crippen molar-refractivity contribution < 1.29 is 13.2 Å². The van der Waals surface area contributed by atoms with Crippen molar-refractivity contribution in [2.75, 3.05) is 13.6 Å². The molecule has 3 nitrogen and oxygen atoms in total. The molecule has 0 unspecified atom stereocenters. The fourth-order valence-electron chi connectivity index (χ4n) is 3.85. The van der Waals surface area contributed by atoms with Gasteiger partial charge in [-0.05, 0) is 55.8 Å². The van der Waals surface area contributed by atoms with E-state index in [0.29, 0.717) is 5.56 Å². The number of hydrogen-bond donors (Lipinski definition) is 0. The van der Waals surface area contributed by atoms with Crippen molar-refractivity contribution in [3.05, 3.63) is 64.6 Å². The smallest absolute Gasteiger partial charge is 0.320 e. The average Bonchev–Trinajstić information content (AvgIpc) is 2.93. The highest BCUT2D eigenvalue weighted by atomic mass is 19.4. The molecule has 0 amide bonds. The SMILES string of the molecule is C/C(=C\n1c2c(c3cc(C)ccc31)CN(C)CC2)c1ccc(C(F)(F)F)nc1. The van der Waals surface area contributed by atoms with Gasteiger partial charge >= 0.3 is 6.18 Å². The lowest BCUT2D eigenvalue weighted by Gasteiger charge is -2.23. The highest BCUT2D eigenvalue weighted by Gasteiger charge is 2.32. The molecule has 0 bridgehead atoms. The number of pyridine rings is 1. The normalized spacial score (nSPS) is 15.9. The Labute approximate surface area is 162 Å². The molecule has 3 heterocycles. The van der Waals surface area contributed by atoms with E-state index in [-0.39, 0.29) is 0 Å². The molecule has 2 aromatic heterocycles. The van der Waals surface area contributed by atoms with E-state index in [2.05, 4.69) is 46.6 Å². The second-order valence-corrected chi connectivity index (χ2v) is 7.55. The zero-order valence-corrected chi connectivity index (χ0v) is 16.1. The van der Waals surface area contributed by atoms with Crippen LogP contribution in [-0.4, -0.2) is 28.0 Å². The lowest BCUT2D eigenvalue weighted by atomic mass is 10.0. The van der Waals surface area contributed by atoms with E-state index in [1.807, 2.05) is 13.1 Å². The van der Waals surface area contributed by atoms with E-state index >= 15 is 0 Å². The molecular formula is C22H22F3N3. The Morgan fingerprint density at radius 2 is 1.96 bits per heavy atom. The summed E-state index contributed by atoms with van der Waals surface area (Å²) in [5.41, 5.74) is 5.65. The fraction of sp³-hybridized carbons (Fsp3) is 0.318. The van der Waals surface area contributed by atoms with Crippen molar-refractivity contribution in [1.29, 1.82) is 0 Å². The van der Waals surface area contributed by atoms with Crippen LogP contribution in [0.15, 0.2) is 36.5 Å². The van der Waals surface area contributed by atoms with E-state index in [1.54, 1.807) is 0 Å². The van der Waals surface area contributed by atoms with Crippen LogP contribution in [0.4, 0.5) is 13.2 Å². The topological polar surface area (TPSA) is 21.1 Å². The average molecular weight is 385 g/mol. The Bertz CT molecular complexity index is 1060. The third-order valence-corrected chi connectivity index (χ3v) is 5.37. The van der Waals surface area contributed by atoms with Crippen molar-refractivity contribution in [3.63, 3.8) is 0 Å². The predicted octanol–water partition coefficient (Wildman–Crippen LogP) is 5.37. The van der Waals surface area contributed by atoms with Crippen LogP contribution in [0.5, 0.6) is 0 Å². The van der Waals surface area contributed by atoms with Gasteiger partial charge in [-0.3, -0.25) is 4.98 Å². The second-order valence-electron chi connectivity index (χ2n) is 7.55. The lowest BCUT2D eigenvalue weighted by Crippen LogP contribution is -2.26. The van der Waals surface area contributed by atoms with Crippen molar-refractivity contribution in [2.24, 2.45) is 0 Å². The van der Waals surface area contributed by atoms with Gasteiger partial charge in [0.1, 0.15) is 5.69 Å². The molecule has 0 spiro atoms. The van der Waals surface area contributed by atoms with E-state index in [9.17, 15) is 13.2 Å². The molecule has 6 heteroatoms. The maximum absolute atomic E-state index is 12.8. The summed E-state index contributed by atoms with van der Waals surface area (Å²) >= 11 is 0. The van der Waals surface area contributed by atoms with Crippen LogP contribution in [0.2, 0.25) is 0 Å². The number of rotatable bonds is 2. The van der Waals surface area contributed by atoms with Crippen molar-refractivity contribution in [2.45, 2.75) is 33.0 Å². The van der Waals surface area contributed by atoms with Gasteiger partial charge in [0.25, 0.3) is 0 Å². The first-order valence-corrected chi connectivity index (χ1v) is 9.27. The van der Waals surface area contributed by atoms with E-state index < -0.39 is 11.9 Å². The molecule has 0 atom stereocenters. The summed E-state index contributed by atoms with van der Waals surface area (Å²) in [4.78, 5) is 5.90. The monoisotopic (exact) mass is 385 g/mol. The van der Waals surface area contributed by atoms with Gasteiger partial charge < -0.3 is 9.47 Å². The molecule has 28 heavy (non-hydrogen) atoms. The number of allylic oxidation sites excluding steroid dienone is 1. The Hall–Kier alpha value is -2.60. The number of benzene rings is 1. The standard InChI is InChI=1S/C22H22F3N3/c1-14-4-6-19-17(10-14)18-13-27(3)9-8-20(18)28(19)12-15(2)16-5-7-21(26-11-16)22(23,24)25/h4-7,10-12H,8-9,13H2,1-3H3/b15-12+. The maximum atomic E-state index is 12.8. The van der Waals surface area contributed by atoms with Gasteiger partial charge in [-0.2, -0.15) is 13.2 Å².